The standard InChI is InChI=1S/C17H21N3O/c1-3-7-15-10-14(11-16(18)20-15)17(21)19-12(2)13-8-5-4-6-9-13/h4-6,8-12H,3,7H2,1-2H3,(H2,18,20)(H,19,21). The number of nitrogen functional groups attached to an aromatic ring is 1. The first-order valence-electron chi connectivity index (χ1n) is 7.22. The van der Waals surface area contributed by atoms with E-state index in [0.717, 1.165) is 24.1 Å². The van der Waals surface area contributed by atoms with Gasteiger partial charge in [0.1, 0.15) is 5.82 Å². The summed E-state index contributed by atoms with van der Waals surface area (Å²) in [5.41, 5.74) is 8.27. The van der Waals surface area contributed by atoms with Gasteiger partial charge in [-0.1, -0.05) is 43.7 Å². The smallest absolute Gasteiger partial charge is 0.251 e. The molecule has 0 aliphatic rings. The number of pyridine rings is 1. The highest BCUT2D eigenvalue weighted by molar-refractivity contribution is 5.95. The number of anilines is 1. The van der Waals surface area contributed by atoms with Crippen molar-refractivity contribution in [2.24, 2.45) is 0 Å². The predicted molar refractivity (Wildman–Crippen MR) is 85.0 cm³/mol. The lowest BCUT2D eigenvalue weighted by atomic mass is 10.1. The van der Waals surface area contributed by atoms with E-state index in [-0.39, 0.29) is 11.9 Å². The van der Waals surface area contributed by atoms with Gasteiger partial charge in [-0.3, -0.25) is 4.79 Å². The lowest BCUT2D eigenvalue weighted by Crippen LogP contribution is -2.27. The molecular formula is C17H21N3O. The van der Waals surface area contributed by atoms with Crippen molar-refractivity contribution in [3.63, 3.8) is 0 Å². The molecule has 4 heteroatoms. The van der Waals surface area contributed by atoms with Crippen molar-refractivity contribution in [3.8, 4) is 0 Å². The number of aryl methyl sites for hydroxylation is 1. The Balaban J connectivity index is 2.13. The number of nitrogens with zero attached hydrogens (tertiary/aromatic N) is 1. The largest absolute Gasteiger partial charge is 0.384 e. The zero-order chi connectivity index (χ0) is 15.2. The summed E-state index contributed by atoms with van der Waals surface area (Å²) < 4.78 is 0. The molecule has 3 N–H and O–H groups in total. The number of hydrogen-bond donors (Lipinski definition) is 2. The fourth-order valence-electron chi connectivity index (χ4n) is 2.23. The number of benzene rings is 1. The Labute approximate surface area is 125 Å². The fraction of sp³-hybridized carbons (Fsp3) is 0.294. The van der Waals surface area contributed by atoms with Gasteiger partial charge in [0.15, 0.2) is 0 Å². The molecule has 0 spiro atoms. The minimum absolute atomic E-state index is 0.0530. The minimum Gasteiger partial charge on any atom is -0.384 e. The molecule has 1 amide bonds. The highest BCUT2D eigenvalue weighted by atomic mass is 16.1. The number of carbonyl (C=O) groups is 1. The Morgan fingerprint density at radius 2 is 2.00 bits per heavy atom. The van der Waals surface area contributed by atoms with Crippen LogP contribution in [-0.4, -0.2) is 10.9 Å². The van der Waals surface area contributed by atoms with Crippen LogP contribution in [0.25, 0.3) is 0 Å². The molecule has 4 nitrogen and oxygen atoms in total. The van der Waals surface area contributed by atoms with Crippen molar-refractivity contribution in [3.05, 3.63) is 59.3 Å². The van der Waals surface area contributed by atoms with Crippen molar-refractivity contribution in [2.45, 2.75) is 32.7 Å². The van der Waals surface area contributed by atoms with Crippen LogP contribution in [0.3, 0.4) is 0 Å². The third-order valence-electron chi connectivity index (χ3n) is 3.31. The van der Waals surface area contributed by atoms with Gasteiger partial charge in [-0.2, -0.15) is 0 Å². The van der Waals surface area contributed by atoms with Crippen molar-refractivity contribution >= 4 is 11.7 Å². The fourth-order valence-corrected chi connectivity index (χ4v) is 2.23. The predicted octanol–water partition coefficient (Wildman–Crippen LogP) is 3.11. The Morgan fingerprint density at radius 1 is 1.29 bits per heavy atom. The van der Waals surface area contributed by atoms with Crippen LogP contribution in [0.5, 0.6) is 0 Å². The molecule has 2 aromatic rings. The molecule has 0 aliphatic heterocycles. The molecule has 0 fully saturated rings. The lowest BCUT2D eigenvalue weighted by Gasteiger charge is -2.15. The van der Waals surface area contributed by atoms with Crippen LogP contribution in [-0.2, 0) is 6.42 Å². The molecule has 110 valence electrons. The van der Waals surface area contributed by atoms with Gasteiger partial charge in [-0.05, 0) is 31.0 Å². The molecule has 1 atom stereocenters. The summed E-state index contributed by atoms with van der Waals surface area (Å²) in [7, 11) is 0. The van der Waals surface area contributed by atoms with E-state index in [1.54, 1.807) is 6.07 Å². The van der Waals surface area contributed by atoms with Crippen LogP contribution in [0, 0.1) is 0 Å². The van der Waals surface area contributed by atoms with Gasteiger partial charge in [0.2, 0.25) is 0 Å². The normalized spacial score (nSPS) is 11.9. The first-order valence-corrected chi connectivity index (χ1v) is 7.22. The van der Waals surface area contributed by atoms with Crippen LogP contribution in [0.15, 0.2) is 42.5 Å². The maximum absolute atomic E-state index is 12.3. The van der Waals surface area contributed by atoms with Crippen LogP contribution in [0.2, 0.25) is 0 Å². The molecule has 0 saturated carbocycles. The second-order valence-electron chi connectivity index (χ2n) is 5.13. The summed E-state index contributed by atoms with van der Waals surface area (Å²) in [6.45, 7) is 4.03. The number of hydrogen-bond acceptors (Lipinski definition) is 3. The molecule has 2 rings (SSSR count). The summed E-state index contributed by atoms with van der Waals surface area (Å²) in [5, 5.41) is 2.99. The number of nitrogens with two attached hydrogens (primary N) is 1. The zero-order valence-electron chi connectivity index (χ0n) is 12.5. The van der Waals surface area contributed by atoms with E-state index in [1.165, 1.54) is 0 Å². The summed E-state index contributed by atoms with van der Waals surface area (Å²) in [4.78, 5) is 16.6. The SMILES string of the molecule is CCCc1cc(C(=O)NC(C)c2ccccc2)cc(N)n1. The molecule has 1 aromatic carbocycles. The summed E-state index contributed by atoms with van der Waals surface area (Å²) in [6, 6.07) is 13.2. The molecule has 0 bridgehead atoms. The number of nitrogens with one attached hydrogen (secondary N) is 1. The second-order valence-corrected chi connectivity index (χ2v) is 5.13. The highest BCUT2D eigenvalue weighted by Crippen LogP contribution is 2.14. The Morgan fingerprint density at radius 3 is 2.67 bits per heavy atom. The second kappa shape index (κ2) is 6.88. The highest BCUT2D eigenvalue weighted by Gasteiger charge is 2.13. The van der Waals surface area contributed by atoms with E-state index in [9.17, 15) is 4.79 Å². The van der Waals surface area contributed by atoms with Gasteiger partial charge in [0, 0.05) is 11.3 Å². The number of carbonyl (C=O) groups excluding carboxylic acids is 1. The molecule has 0 aliphatic carbocycles. The molecule has 1 aromatic heterocycles. The van der Waals surface area contributed by atoms with Crippen LogP contribution < -0.4 is 11.1 Å². The zero-order valence-corrected chi connectivity index (χ0v) is 12.5. The van der Waals surface area contributed by atoms with Crippen molar-refractivity contribution in [1.29, 1.82) is 0 Å². The van der Waals surface area contributed by atoms with Crippen LogP contribution >= 0.6 is 0 Å². The Kier molecular flexibility index (Phi) is 4.93. The van der Waals surface area contributed by atoms with Gasteiger partial charge in [-0.15, -0.1) is 0 Å². The van der Waals surface area contributed by atoms with Gasteiger partial charge < -0.3 is 11.1 Å². The quantitative estimate of drug-likeness (QED) is 0.886. The average Bonchev–Trinajstić information content (AvgIpc) is 2.48. The molecular weight excluding hydrogens is 262 g/mol. The summed E-state index contributed by atoms with van der Waals surface area (Å²) >= 11 is 0. The van der Waals surface area contributed by atoms with Gasteiger partial charge in [-0.25, -0.2) is 4.98 Å². The minimum atomic E-state index is -0.127. The molecule has 0 saturated heterocycles. The topological polar surface area (TPSA) is 68.0 Å². The van der Waals surface area contributed by atoms with Crippen molar-refractivity contribution in [2.75, 3.05) is 5.73 Å². The van der Waals surface area contributed by atoms with Gasteiger partial charge >= 0.3 is 0 Å². The Bertz CT molecular complexity index is 611. The van der Waals surface area contributed by atoms with E-state index in [0.29, 0.717) is 11.4 Å². The number of amides is 1. The van der Waals surface area contributed by atoms with E-state index >= 15 is 0 Å². The summed E-state index contributed by atoms with van der Waals surface area (Å²) in [6.07, 6.45) is 1.79. The summed E-state index contributed by atoms with van der Waals surface area (Å²) in [5.74, 6) is 0.260. The first kappa shape index (κ1) is 15.0. The first-order chi connectivity index (χ1) is 10.1. The van der Waals surface area contributed by atoms with E-state index < -0.39 is 0 Å². The maximum Gasteiger partial charge on any atom is 0.251 e. The van der Waals surface area contributed by atoms with E-state index in [4.69, 9.17) is 5.73 Å². The van der Waals surface area contributed by atoms with Crippen LogP contribution in [0.1, 0.15) is 47.9 Å². The van der Waals surface area contributed by atoms with E-state index in [2.05, 4.69) is 17.2 Å². The van der Waals surface area contributed by atoms with Crippen molar-refractivity contribution in [1.82, 2.24) is 10.3 Å². The molecule has 0 radical (unpaired) electrons. The van der Waals surface area contributed by atoms with Crippen molar-refractivity contribution < 1.29 is 4.79 Å². The lowest BCUT2D eigenvalue weighted by molar-refractivity contribution is 0.0939. The third-order valence-corrected chi connectivity index (χ3v) is 3.31. The van der Waals surface area contributed by atoms with Gasteiger partial charge in [0.05, 0.1) is 6.04 Å². The monoisotopic (exact) mass is 283 g/mol. The van der Waals surface area contributed by atoms with E-state index in [1.807, 2.05) is 43.3 Å². The number of rotatable bonds is 5. The third kappa shape index (κ3) is 4.05. The maximum atomic E-state index is 12.3. The molecule has 1 unspecified atom stereocenters. The number of aromatic nitrogens is 1. The Hall–Kier alpha value is -2.36. The average molecular weight is 283 g/mol. The van der Waals surface area contributed by atoms with Gasteiger partial charge in [0.25, 0.3) is 5.91 Å². The molecule has 1 heterocycles. The molecule has 21 heavy (non-hydrogen) atoms. The van der Waals surface area contributed by atoms with Crippen LogP contribution in [0.4, 0.5) is 5.82 Å².